The van der Waals surface area contributed by atoms with Gasteiger partial charge in [-0.2, -0.15) is 0 Å². The molecule has 14 nitrogen and oxygen atoms in total. The van der Waals surface area contributed by atoms with E-state index in [0.717, 1.165) is 38.5 Å². The van der Waals surface area contributed by atoms with Crippen LogP contribution in [-0.4, -0.2) is 140 Å². The number of carbonyl (C=O) groups excluding carboxylic acids is 1. The van der Waals surface area contributed by atoms with Gasteiger partial charge in [-0.25, -0.2) is 0 Å². The first-order chi connectivity index (χ1) is 28.1. The predicted molar refractivity (Wildman–Crippen MR) is 222 cm³/mol. The molecule has 2 saturated heterocycles. The summed E-state index contributed by atoms with van der Waals surface area (Å²) < 4.78 is 22.6. The molecule has 0 aromatic rings. The van der Waals surface area contributed by atoms with Gasteiger partial charge in [0.1, 0.15) is 48.8 Å². The van der Waals surface area contributed by atoms with Gasteiger partial charge in [0.15, 0.2) is 12.6 Å². The van der Waals surface area contributed by atoms with E-state index in [1.54, 1.807) is 6.08 Å². The summed E-state index contributed by atoms with van der Waals surface area (Å²) in [5.41, 5.74) is 0. The molecule has 12 atom stereocenters. The van der Waals surface area contributed by atoms with E-state index < -0.39 is 86.8 Å². The topological polar surface area (TPSA) is 228 Å². The Balaban J connectivity index is 1.88. The van der Waals surface area contributed by atoms with E-state index in [1.807, 2.05) is 6.08 Å². The van der Waals surface area contributed by atoms with Gasteiger partial charge in [0.2, 0.25) is 5.91 Å². The van der Waals surface area contributed by atoms with Crippen LogP contribution in [-0.2, 0) is 23.7 Å². The zero-order valence-corrected chi connectivity index (χ0v) is 35.8. The fourth-order valence-corrected chi connectivity index (χ4v) is 7.64. The quantitative estimate of drug-likeness (QED) is 0.0324. The van der Waals surface area contributed by atoms with Gasteiger partial charge in [-0.15, -0.1) is 0 Å². The smallest absolute Gasteiger partial charge is 0.220 e. The summed E-state index contributed by atoms with van der Waals surface area (Å²) in [7, 11) is 0. The van der Waals surface area contributed by atoms with Crippen LogP contribution in [0.4, 0.5) is 0 Å². The fourth-order valence-electron chi connectivity index (χ4n) is 7.64. The van der Waals surface area contributed by atoms with Crippen molar-refractivity contribution in [2.75, 3.05) is 19.8 Å². The van der Waals surface area contributed by atoms with Crippen LogP contribution in [0.5, 0.6) is 0 Å². The number of hydrogen-bond donors (Lipinski definition) is 9. The molecular weight excluding hydrogens is 750 g/mol. The minimum Gasteiger partial charge on any atom is -0.394 e. The molecule has 342 valence electrons. The molecule has 0 radical (unpaired) electrons. The second-order valence-corrected chi connectivity index (χ2v) is 16.5. The maximum atomic E-state index is 13.0. The molecule has 0 bridgehead atoms. The van der Waals surface area contributed by atoms with Crippen molar-refractivity contribution in [1.82, 2.24) is 5.32 Å². The third-order valence-electron chi connectivity index (χ3n) is 11.5. The molecule has 2 aliphatic rings. The monoisotopic (exact) mass is 834 g/mol. The van der Waals surface area contributed by atoms with E-state index in [9.17, 15) is 45.6 Å². The van der Waals surface area contributed by atoms with Crippen LogP contribution in [0.1, 0.15) is 168 Å². The molecule has 2 heterocycles. The Hall–Kier alpha value is -1.27. The summed E-state index contributed by atoms with van der Waals surface area (Å²) >= 11 is 0. The van der Waals surface area contributed by atoms with E-state index in [2.05, 4.69) is 19.2 Å². The summed E-state index contributed by atoms with van der Waals surface area (Å²) in [6.07, 6.45) is 14.2. The maximum absolute atomic E-state index is 13.0. The lowest BCUT2D eigenvalue weighted by molar-refractivity contribution is -0.359. The van der Waals surface area contributed by atoms with Crippen LogP contribution in [0.3, 0.4) is 0 Å². The van der Waals surface area contributed by atoms with Crippen molar-refractivity contribution in [1.29, 1.82) is 0 Å². The number of aliphatic hydroxyl groups is 8. The van der Waals surface area contributed by atoms with E-state index >= 15 is 0 Å². The lowest BCUT2D eigenvalue weighted by Gasteiger charge is -2.46. The highest BCUT2D eigenvalue weighted by molar-refractivity contribution is 5.76. The molecule has 12 unspecified atom stereocenters. The van der Waals surface area contributed by atoms with Gasteiger partial charge >= 0.3 is 0 Å². The Morgan fingerprint density at radius 2 is 1.07 bits per heavy atom. The number of ether oxygens (including phenoxy) is 4. The molecule has 2 rings (SSSR count). The summed E-state index contributed by atoms with van der Waals surface area (Å²) in [5, 5.41) is 86.3. The molecule has 0 saturated carbocycles. The highest BCUT2D eigenvalue weighted by atomic mass is 16.7. The van der Waals surface area contributed by atoms with Gasteiger partial charge in [0, 0.05) is 6.42 Å². The number of aliphatic hydroxyl groups excluding tert-OH is 8. The molecule has 9 N–H and O–H groups in total. The lowest BCUT2D eigenvalue weighted by atomic mass is 9.97. The maximum Gasteiger partial charge on any atom is 0.220 e. The Morgan fingerprint density at radius 3 is 1.59 bits per heavy atom. The number of allylic oxidation sites excluding steroid dienone is 1. The van der Waals surface area contributed by atoms with Gasteiger partial charge in [-0.3, -0.25) is 4.79 Å². The Morgan fingerprint density at radius 1 is 0.603 bits per heavy atom. The second-order valence-electron chi connectivity index (χ2n) is 16.5. The second kappa shape index (κ2) is 32.4. The number of nitrogens with one attached hydrogen (secondary N) is 1. The Labute approximate surface area is 348 Å². The zero-order valence-electron chi connectivity index (χ0n) is 35.8. The normalized spacial score (nSPS) is 28.9. The lowest BCUT2D eigenvalue weighted by Crippen LogP contribution is -2.65. The first-order valence-electron chi connectivity index (χ1n) is 22.9. The van der Waals surface area contributed by atoms with E-state index in [0.29, 0.717) is 6.42 Å². The van der Waals surface area contributed by atoms with Crippen LogP contribution < -0.4 is 5.32 Å². The summed E-state index contributed by atoms with van der Waals surface area (Å²) in [5.74, 6) is -0.245. The molecule has 2 aliphatic heterocycles. The van der Waals surface area contributed by atoms with Gasteiger partial charge in [-0.05, 0) is 19.3 Å². The molecule has 14 heteroatoms. The largest absolute Gasteiger partial charge is 0.394 e. The first-order valence-corrected chi connectivity index (χ1v) is 22.9. The number of unbranched alkanes of at least 4 members (excludes halogenated alkanes) is 21. The summed E-state index contributed by atoms with van der Waals surface area (Å²) in [4.78, 5) is 13.0. The molecule has 58 heavy (non-hydrogen) atoms. The van der Waals surface area contributed by atoms with Gasteiger partial charge in [0.05, 0.1) is 32.0 Å². The van der Waals surface area contributed by atoms with Crippen LogP contribution in [0, 0.1) is 0 Å². The third-order valence-corrected chi connectivity index (χ3v) is 11.5. The van der Waals surface area contributed by atoms with Gasteiger partial charge < -0.3 is 65.1 Å². The zero-order chi connectivity index (χ0) is 42.5. The standard InChI is InChI=1S/C44H83NO13/c1-3-5-7-9-11-13-14-15-16-17-18-19-20-21-23-25-27-33(48)32(45-36(49)28-26-24-22-12-10-8-6-4-2)31-55-43-41(54)39(52)42(35(30-47)57-43)58-44-40(53)38(51)37(50)34(29-46)56-44/h25,27,32-35,37-44,46-48,50-54H,3-24,26,28-31H2,1-2H3,(H,45,49)/b27-25+. The SMILES string of the molecule is CCCCCCCCCCCCCCCC/C=C/C(O)C(COC1OC(CO)C(OC2OC(CO)C(O)C(O)C2O)C(O)C1O)NC(=O)CCCCCCCCCC. The average Bonchev–Trinajstić information content (AvgIpc) is 3.22. The molecule has 0 aromatic carbocycles. The minimum atomic E-state index is -1.78. The average molecular weight is 834 g/mol. The van der Waals surface area contributed by atoms with E-state index in [-0.39, 0.29) is 18.9 Å². The number of carbonyl (C=O) groups is 1. The molecular formula is C44H83NO13. The molecule has 0 aliphatic carbocycles. The van der Waals surface area contributed by atoms with Crippen molar-refractivity contribution >= 4 is 5.91 Å². The van der Waals surface area contributed by atoms with Crippen molar-refractivity contribution in [3.8, 4) is 0 Å². The predicted octanol–water partition coefficient (Wildman–Crippen LogP) is 4.43. The fraction of sp³-hybridized carbons (Fsp3) is 0.932. The van der Waals surface area contributed by atoms with Crippen LogP contribution in [0.2, 0.25) is 0 Å². The highest BCUT2D eigenvalue weighted by Gasteiger charge is 2.50. The van der Waals surface area contributed by atoms with E-state index in [1.165, 1.54) is 103 Å². The van der Waals surface area contributed by atoms with Crippen LogP contribution >= 0.6 is 0 Å². The molecule has 0 aromatic heterocycles. The van der Waals surface area contributed by atoms with Gasteiger partial charge in [-0.1, -0.05) is 154 Å². The van der Waals surface area contributed by atoms with Crippen molar-refractivity contribution in [2.24, 2.45) is 0 Å². The van der Waals surface area contributed by atoms with Crippen LogP contribution in [0.25, 0.3) is 0 Å². The van der Waals surface area contributed by atoms with Crippen molar-refractivity contribution < 1.29 is 64.6 Å². The molecule has 2 fully saturated rings. The van der Waals surface area contributed by atoms with Crippen molar-refractivity contribution in [2.45, 2.75) is 242 Å². The Kier molecular flexibility index (Phi) is 29.6. The van der Waals surface area contributed by atoms with E-state index in [4.69, 9.17) is 18.9 Å². The number of hydrogen-bond acceptors (Lipinski definition) is 13. The molecule has 1 amide bonds. The number of amides is 1. The van der Waals surface area contributed by atoms with Crippen LogP contribution in [0.15, 0.2) is 12.2 Å². The first kappa shape index (κ1) is 52.9. The third kappa shape index (κ3) is 20.5. The highest BCUT2D eigenvalue weighted by Crippen LogP contribution is 2.30. The van der Waals surface area contributed by atoms with Crippen molar-refractivity contribution in [3.05, 3.63) is 12.2 Å². The Bertz CT molecular complexity index is 1040. The summed E-state index contributed by atoms with van der Waals surface area (Å²) in [6, 6.07) is -0.905. The molecule has 0 spiro atoms. The van der Waals surface area contributed by atoms with Crippen molar-refractivity contribution in [3.63, 3.8) is 0 Å². The summed E-state index contributed by atoms with van der Waals surface area (Å²) in [6.45, 7) is 2.73. The number of rotatable bonds is 34. The van der Waals surface area contributed by atoms with Gasteiger partial charge in [0.25, 0.3) is 0 Å². The minimum absolute atomic E-state index is 0.245.